The van der Waals surface area contributed by atoms with Crippen molar-refractivity contribution in [1.29, 1.82) is 0 Å². The molecular formula is C14H9Cl2N3O. The minimum atomic E-state index is -0.229. The fraction of sp³-hybridized carbons (Fsp3) is 0. The molecule has 3 aromatic rings. The van der Waals surface area contributed by atoms with Gasteiger partial charge in [-0.2, -0.15) is 0 Å². The highest BCUT2D eigenvalue weighted by atomic mass is 35.5. The topological polar surface area (TPSA) is 71.8 Å². The summed E-state index contributed by atoms with van der Waals surface area (Å²) in [5.41, 5.74) is 7.54. The van der Waals surface area contributed by atoms with Gasteiger partial charge in [-0.25, -0.2) is 4.98 Å². The van der Waals surface area contributed by atoms with E-state index >= 15 is 0 Å². The second-order valence-corrected chi connectivity index (χ2v) is 5.10. The molecule has 6 heteroatoms. The molecule has 0 saturated heterocycles. The smallest absolute Gasteiger partial charge is 0.250 e. The molecule has 0 saturated carbocycles. The minimum absolute atomic E-state index is 0.229. The average Bonchev–Trinajstić information content (AvgIpc) is 2.39. The first-order valence-electron chi connectivity index (χ1n) is 5.79. The molecule has 1 aromatic carbocycles. The molecule has 0 aliphatic carbocycles. The van der Waals surface area contributed by atoms with Crippen LogP contribution in [0.3, 0.4) is 0 Å². The average molecular weight is 306 g/mol. The number of fused-ring (bicyclic) bond motifs is 1. The van der Waals surface area contributed by atoms with E-state index in [2.05, 4.69) is 9.97 Å². The van der Waals surface area contributed by atoms with Crippen molar-refractivity contribution in [3.63, 3.8) is 0 Å². The summed E-state index contributed by atoms with van der Waals surface area (Å²) in [5, 5.41) is 1.74. The predicted octanol–water partition coefficient (Wildman–Crippen LogP) is 3.48. The molecule has 100 valence electrons. The lowest BCUT2D eigenvalue weighted by Crippen LogP contribution is -2.04. The number of rotatable bonds is 1. The molecular weight excluding hydrogens is 297 g/mol. The Morgan fingerprint density at radius 3 is 2.55 bits per heavy atom. The molecule has 0 spiro atoms. The molecule has 0 aliphatic rings. The molecule has 4 nitrogen and oxygen atoms in total. The fourth-order valence-corrected chi connectivity index (χ4v) is 2.66. The van der Waals surface area contributed by atoms with Gasteiger partial charge in [0.15, 0.2) is 0 Å². The number of nitrogen functional groups attached to an aromatic ring is 1. The predicted molar refractivity (Wildman–Crippen MR) is 82.2 cm³/mol. The molecule has 0 atom stereocenters. The highest BCUT2D eigenvalue weighted by Crippen LogP contribution is 2.37. The van der Waals surface area contributed by atoms with Gasteiger partial charge < -0.3 is 10.7 Å². The standard InChI is InChI=1S/C14H9Cl2N3O/c15-9-2-1-3-10(16)13(9)8-4-7-6-18-12(20)5-11(7)19-14(8)17/h1-6H,(H2,17,19)(H,18,20). The van der Waals surface area contributed by atoms with Crippen LogP contribution in [-0.4, -0.2) is 9.97 Å². The van der Waals surface area contributed by atoms with Crippen molar-refractivity contribution in [3.8, 4) is 11.1 Å². The van der Waals surface area contributed by atoms with Crippen molar-refractivity contribution < 1.29 is 0 Å². The Morgan fingerprint density at radius 1 is 1.15 bits per heavy atom. The van der Waals surface area contributed by atoms with Crippen LogP contribution >= 0.6 is 23.2 Å². The number of H-pyrrole nitrogens is 1. The fourth-order valence-electron chi connectivity index (χ4n) is 2.06. The van der Waals surface area contributed by atoms with Gasteiger partial charge in [-0.1, -0.05) is 29.3 Å². The van der Waals surface area contributed by atoms with Crippen LogP contribution in [0.25, 0.3) is 22.0 Å². The van der Waals surface area contributed by atoms with Crippen LogP contribution in [0.5, 0.6) is 0 Å². The van der Waals surface area contributed by atoms with Gasteiger partial charge in [0.2, 0.25) is 5.56 Å². The summed E-state index contributed by atoms with van der Waals surface area (Å²) in [5.74, 6) is 0.276. The van der Waals surface area contributed by atoms with Crippen LogP contribution in [0.15, 0.2) is 41.3 Å². The number of pyridine rings is 2. The van der Waals surface area contributed by atoms with E-state index in [1.807, 2.05) is 0 Å². The molecule has 3 rings (SSSR count). The van der Waals surface area contributed by atoms with Crippen molar-refractivity contribution in [2.24, 2.45) is 0 Å². The lowest BCUT2D eigenvalue weighted by molar-refractivity contribution is 1.25. The van der Waals surface area contributed by atoms with Gasteiger partial charge in [-0.3, -0.25) is 4.79 Å². The highest BCUT2D eigenvalue weighted by molar-refractivity contribution is 6.39. The molecule has 0 bridgehead atoms. The van der Waals surface area contributed by atoms with Crippen LogP contribution in [0, 0.1) is 0 Å². The van der Waals surface area contributed by atoms with Crippen molar-refractivity contribution in [1.82, 2.24) is 9.97 Å². The number of nitrogens with one attached hydrogen (secondary N) is 1. The van der Waals surface area contributed by atoms with E-state index in [4.69, 9.17) is 28.9 Å². The third-order valence-electron chi connectivity index (χ3n) is 2.98. The number of nitrogens with two attached hydrogens (primary N) is 1. The van der Waals surface area contributed by atoms with Crippen molar-refractivity contribution >= 4 is 39.9 Å². The second kappa shape index (κ2) is 4.81. The summed E-state index contributed by atoms with van der Waals surface area (Å²) in [6.45, 7) is 0. The summed E-state index contributed by atoms with van der Waals surface area (Å²) in [4.78, 5) is 18.1. The van der Waals surface area contributed by atoms with Crippen LogP contribution < -0.4 is 11.3 Å². The Labute approximate surface area is 124 Å². The van der Waals surface area contributed by atoms with Crippen molar-refractivity contribution in [3.05, 3.63) is 56.9 Å². The molecule has 2 heterocycles. The summed E-state index contributed by atoms with van der Waals surface area (Å²) in [7, 11) is 0. The summed E-state index contributed by atoms with van der Waals surface area (Å²) >= 11 is 12.4. The monoisotopic (exact) mass is 305 g/mol. The lowest BCUT2D eigenvalue weighted by Gasteiger charge is -2.10. The third kappa shape index (κ3) is 2.13. The summed E-state index contributed by atoms with van der Waals surface area (Å²) < 4.78 is 0. The second-order valence-electron chi connectivity index (χ2n) is 4.29. The largest absolute Gasteiger partial charge is 0.383 e. The van der Waals surface area contributed by atoms with Crippen molar-refractivity contribution in [2.45, 2.75) is 0 Å². The zero-order chi connectivity index (χ0) is 14.3. The third-order valence-corrected chi connectivity index (χ3v) is 3.61. The van der Waals surface area contributed by atoms with Gasteiger partial charge in [0.1, 0.15) is 5.82 Å². The minimum Gasteiger partial charge on any atom is -0.383 e. The van der Waals surface area contributed by atoms with E-state index in [9.17, 15) is 4.79 Å². The molecule has 0 aliphatic heterocycles. The van der Waals surface area contributed by atoms with Gasteiger partial charge in [0.05, 0.1) is 15.6 Å². The van der Waals surface area contributed by atoms with Gasteiger partial charge in [0.25, 0.3) is 0 Å². The van der Waals surface area contributed by atoms with Crippen LogP contribution in [0.2, 0.25) is 10.0 Å². The Balaban J connectivity index is 2.34. The van der Waals surface area contributed by atoms with E-state index in [1.54, 1.807) is 30.5 Å². The van der Waals surface area contributed by atoms with E-state index in [-0.39, 0.29) is 11.4 Å². The zero-order valence-corrected chi connectivity index (χ0v) is 11.7. The number of aromatic nitrogens is 2. The molecule has 0 fully saturated rings. The molecule has 20 heavy (non-hydrogen) atoms. The Morgan fingerprint density at radius 2 is 1.85 bits per heavy atom. The summed E-state index contributed by atoms with van der Waals surface area (Å²) in [6, 6.07) is 8.43. The number of aromatic amines is 1. The maximum Gasteiger partial charge on any atom is 0.250 e. The van der Waals surface area contributed by atoms with E-state index in [1.165, 1.54) is 6.07 Å². The molecule has 3 N–H and O–H groups in total. The first-order chi connectivity index (χ1) is 9.56. The Hall–Kier alpha value is -2.04. The zero-order valence-electron chi connectivity index (χ0n) is 10.2. The molecule has 2 aromatic heterocycles. The number of benzene rings is 1. The Bertz CT molecular complexity index is 854. The van der Waals surface area contributed by atoms with Crippen molar-refractivity contribution in [2.75, 3.05) is 5.73 Å². The molecule has 0 radical (unpaired) electrons. The Kier molecular flexibility index (Phi) is 3.12. The number of halogens is 2. The van der Waals surface area contributed by atoms with Crippen LogP contribution in [-0.2, 0) is 0 Å². The molecule has 0 amide bonds. The van der Waals surface area contributed by atoms with Gasteiger partial charge >= 0.3 is 0 Å². The first-order valence-corrected chi connectivity index (χ1v) is 6.55. The summed E-state index contributed by atoms with van der Waals surface area (Å²) in [6.07, 6.45) is 1.58. The maximum absolute atomic E-state index is 11.3. The van der Waals surface area contributed by atoms with E-state index in [0.717, 1.165) is 5.39 Å². The lowest BCUT2D eigenvalue weighted by atomic mass is 10.0. The molecule has 0 unspecified atom stereocenters. The number of nitrogens with zero attached hydrogens (tertiary/aromatic N) is 1. The van der Waals surface area contributed by atoms with E-state index in [0.29, 0.717) is 26.7 Å². The highest BCUT2D eigenvalue weighted by Gasteiger charge is 2.13. The SMILES string of the molecule is Nc1nc2cc(=O)[nH]cc2cc1-c1c(Cl)cccc1Cl. The van der Waals surface area contributed by atoms with Crippen LogP contribution in [0.4, 0.5) is 5.82 Å². The number of hydrogen-bond donors (Lipinski definition) is 2. The van der Waals surface area contributed by atoms with E-state index < -0.39 is 0 Å². The van der Waals surface area contributed by atoms with Gasteiger partial charge in [0, 0.05) is 28.8 Å². The quantitative estimate of drug-likeness (QED) is 0.723. The van der Waals surface area contributed by atoms with Crippen LogP contribution in [0.1, 0.15) is 0 Å². The first kappa shape index (κ1) is 13.0. The number of hydrogen-bond acceptors (Lipinski definition) is 3. The van der Waals surface area contributed by atoms with Gasteiger partial charge in [-0.15, -0.1) is 0 Å². The maximum atomic E-state index is 11.3. The van der Waals surface area contributed by atoms with Gasteiger partial charge in [-0.05, 0) is 18.2 Å². The number of anilines is 1. The normalized spacial score (nSPS) is 10.9.